The van der Waals surface area contributed by atoms with Crippen molar-refractivity contribution in [2.75, 3.05) is 27.8 Å². The van der Waals surface area contributed by atoms with E-state index in [1.54, 1.807) is 14.2 Å². The Bertz CT molecular complexity index is 419. The molecule has 19 heavy (non-hydrogen) atoms. The van der Waals surface area contributed by atoms with Crippen molar-refractivity contribution < 1.29 is 9.47 Å². The molecule has 0 bridgehead atoms. The number of aryl methyl sites for hydroxylation is 1. The van der Waals surface area contributed by atoms with Crippen LogP contribution in [0.4, 0.5) is 0 Å². The van der Waals surface area contributed by atoms with E-state index in [0.717, 1.165) is 22.6 Å². The van der Waals surface area contributed by atoms with Gasteiger partial charge in [0.25, 0.3) is 0 Å². The summed E-state index contributed by atoms with van der Waals surface area (Å²) in [5.74, 6) is 1.73. The molecular formula is C15H26N2O2. The highest BCUT2D eigenvalue weighted by molar-refractivity contribution is 5.47. The SMILES string of the molecule is COc1cc(C(CN)N(C)C(C)C)c(OC)cc1C. The number of benzene rings is 1. The molecule has 1 rings (SSSR count). The van der Waals surface area contributed by atoms with E-state index in [-0.39, 0.29) is 6.04 Å². The monoisotopic (exact) mass is 266 g/mol. The molecule has 0 aliphatic carbocycles. The van der Waals surface area contributed by atoms with Crippen LogP contribution in [0.2, 0.25) is 0 Å². The van der Waals surface area contributed by atoms with Crippen LogP contribution in [0.1, 0.15) is 31.0 Å². The molecule has 1 unspecified atom stereocenters. The van der Waals surface area contributed by atoms with E-state index in [2.05, 4.69) is 25.8 Å². The van der Waals surface area contributed by atoms with Crippen LogP contribution in [-0.2, 0) is 0 Å². The van der Waals surface area contributed by atoms with E-state index >= 15 is 0 Å². The summed E-state index contributed by atoms with van der Waals surface area (Å²) in [4.78, 5) is 2.24. The lowest BCUT2D eigenvalue weighted by Crippen LogP contribution is -2.35. The number of hydrogen-bond donors (Lipinski definition) is 1. The predicted octanol–water partition coefficient (Wildman–Crippen LogP) is 2.35. The first-order chi connectivity index (χ1) is 8.96. The molecule has 0 saturated heterocycles. The fourth-order valence-electron chi connectivity index (χ4n) is 2.21. The Morgan fingerprint density at radius 2 is 1.74 bits per heavy atom. The molecule has 0 fully saturated rings. The van der Waals surface area contributed by atoms with Gasteiger partial charge in [-0.15, -0.1) is 0 Å². The van der Waals surface area contributed by atoms with Gasteiger partial charge in [-0.2, -0.15) is 0 Å². The van der Waals surface area contributed by atoms with Crippen LogP contribution >= 0.6 is 0 Å². The minimum atomic E-state index is 0.115. The Hall–Kier alpha value is -1.26. The fraction of sp³-hybridized carbons (Fsp3) is 0.600. The average Bonchev–Trinajstić information content (AvgIpc) is 2.40. The molecule has 1 aromatic carbocycles. The third kappa shape index (κ3) is 3.39. The lowest BCUT2D eigenvalue weighted by molar-refractivity contribution is 0.197. The van der Waals surface area contributed by atoms with Crippen molar-refractivity contribution >= 4 is 0 Å². The summed E-state index contributed by atoms with van der Waals surface area (Å²) in [6, 6.07) is 4.56. The highest BCUT2D eigenvalue weighted by Crippen LogP contribution is 2.34. The summed E-state index contributed by atoms with van der Waals surface area (Å²) < 4.78 is 10.9. The van der Waals surface area contributed by atoms with Crippen molar-refractivity contribution in [2.24, 2.45) is 5.73 Å². The maximum Gasteiger partial charge on any atom is 0.124 e. The van der Waals surface area contributed by atoms with Crippen LogP contribution in [0.3, 0.4) is 0 Å². The summed E-state index contributed by atoms with van der Waals surface area (Å²) in [7, 11) is 5.45. The summed E-state index contributed by atoms with van der Waals surface area (Å²) >= 11 is 0. The zero-order valence-corrected chi connectivity index (χ0v) is 12.9. The third-order valence-electron chi connectivity index (χ3n) is 3.64. The topological polar surface area (TPSA) is 47.7 Å². The lowest BCUT2D eigenvalue weighted by Gasteiger charge is -2.32. The Labute approximate surface area is 116 Å². The van der Waals surface area contributed by atoms with Crippen molar-refractivity contribution in [3.05, 3.63) is 23.3 Å². The molecule has 2 N–H and O–H groups in total. The van der Waals surface area contributed by atoms with Crippen LogP contribution in [0.25, 0.3) is 0 Å². The summed E-state index contributed by atoms with van der Waals surface area (Å²) in [5, 5.41) is 0. The molecule has 0 amide bonds. The number of likely N-dealkylation sites (N-methyl/N-ethyl adjacent to an activating group) is 1. The van der Waals surface area contributed by atoms with Gasteiger partial charge in [-0.1, -0.05) is 0 Å². The number of nitrogens with zero attached hydrogens (tertiary/aromatic N) is 1. The van der Waals surface area contributed by atoms with E-state index in [4.69, 9.17) is 15.2 Å². The summed E-state index contributed by atoms with van der Waals surface area (Å²) in [6.07, 6.45) is 0. The molecule has 0 aliphatic heterocycles. The molecule has 0 spiro atoms. The van der Waals surface area contributed by atoms with Crippen LogP contribution in [0.15, 0.2) is 12.1 Å². The Balaban J connectivity index is 3.28. The smallest absolute Gasteiger partial charge is 0.124 e. The second-order valence-corrected chi connectivity index (χ2v) is 5.07. The van der Waals surface area contributed by atoms with Gasteiger partial charge < -0.3 is 15.2 Å². The predicted molar refractivity (Wildman–Crippen MR) is 79.0 cm³/mol. The van der Waals surface area contributed by atoms with Gasteiger partial charge in [-0.25, -0.2) is 0 Å². The highest BCUT2D eigenvalue weighted by atomic mass is 16.5. The number of hydrogen-bond acceptors (Lipinski definition) is 4. The first-order valence-electron chi connectivity index (χ1n) is 6.60. The van der Waals surface area contributed by atoms with Gasteiger partial charge in [0.05, 0.1) is 20.3 Å². The standard InChI is InChI=1S/C15H26N2O2/c1-10(2)17(4)13(9-16)12-8-14(18-5)11(3)7-15(12)19-6/h7-8,10,13H,9,16H2,1-6H3. The average molecular weight is 266 g/mol. The molecule has 108 valence electrons. The van der Waals surface area contributed by atoms with E-state index < -0.39 is 0 Å². The van der Waals surface area contributed by atoms with Crippen molar-refractivity contribution in [3.8, 4) is 11.5 Å². The van der Waals surface area contributed by atoms with Gasteiger partial charge >= 0.3 is 0 Å². The Morgan fingerprint density at radius 1 is 1.16 bits per heavy atom. The van der Waals surface area contributed by atoms with E-state index in [1.807, 2.05) is 19.1 Å². The molecular weight excluding hydrogens is 240 g/mol. The highest BCUT2D eigenvalue weighted by Gasteiger charge is 2.22. The molecule has 0 aliphatic rings. The van der Waals surface area contributed by atoms with E-state index in [0.29, 0.717) is 12.6 Å². The zero-order chi connectivity index (χ0) is 14.6. The lowest BCUT2D eigenvalue weighted by atomic mass is 10.0. The first-order valence-corrected chi connectivity index (χ1v) is 6.60. The van der Waals surface area contributed by atoms with Crippen LogP contribution in [0.5, 0.6) is 11.5 Å². The molecule has 1 atom stereocenters. The minimum Gasteiger partial charge on any atom is -0.496 e. The Kier molecular flexibility index (Phi) is 5.63. The number of rotatable bonds is 6. The number of ether oxygens (including phenoxy) is 2. The van der Waals surface area contributed by atoms with Crippen molar-refractivity contribution in [3.63, 3.8) is 0 Å². The van der Waals surface area contributed by atoms with Gasteiger partial charge in [0.15, 0.2) is 0 Å². The number of nitrogens with two attached hydrogens (primary N) is 1. The minimum absolute atomic E-state index is 0.115. The van der Waals surface area contributed by atoms with E-state index in [9.17, 15) is 0 Å². The molecule has 0 aromatic heterocycles. The second kappa shape index (κ2) is 6.78. The number of methoxy groups -OCH3 is 2. The van der Waals surface area contributed by atoms with Crippen LogP contribution in [0, 0.1) is 6.92 Å². The summed E-state index contributed by atoms with van der Waals surface area (Å²) in [6.45, 7) is 6.85. The van der Waals surface area contributed by atoms with Crippen molar-refractivity contribution in [1.82, 2.24) is 4.90 Å². The summed E-state index contributed by atoms with van der Waals surface area (Å²) in [5.41, 5.74) is 8.09. The zero-order valence-electron chi connectivity index (χ0n) is 12.9. The van der Waals surface area contributed by atoms with Gasteiger partial charge in [-0.05, 0) is 45.5 Å². The first kappa shape index (κ1) is 15.8. The van der Waals surface area contributed by atoms with Crippen molar-refractivity contribution in [1.29, 1.82) is 0 Å². The largest absolute Gasteiger partial charge is 0.496 e. The van der Waals surface area contributed by atoms with Gasteiger partial charge in [0.1, 0.15) is 11.5 Å². The Morgan fingerprint density at radius 3 is 2.16 bits per heavy atom. The van der Waals surface area contributed by atoms with Gasteiger partial charge in [0.2, 0.25) is 0 Å². The molecule has 0 saturated carbocycles. The van der Waals surface area contributed by atoms with Crippen LogP contribution in [-0.4, -0.2) is 38.8 Å². The second-order valence-electron chi connectivity index (χ2n) is 5.07. The van der Waals surface area contributed by atoms with Gasteiger partial charge in [-0.3, -0.25) is 4.90 Å². The maximum absolute atomic E-state index is 5.96. The van der Waals surface area contributed by atoms with Crippen molar-refractivity contribution in [2.45, 2.75) is 32.9 Å². The van der Waals surface area contributed by atoms with Gasteiger partial charge in [0, 0.05) is 18.2 Å². The molecule has 0 heterocycles. The molecule has 0 radical (unpaired) electrons. The normalized spacial score (nSPS) is 12.9. The maximum atomic E-state index is 5.96. The van der Waals surface area contributed by atoms with Crippen LogP contribution < -0.4 is 15.2 Å². The quantitative estimate of drug-likeness (QED) is 0.858. The fourth-order valence-corrected chi connectivity index (χ4v) is 2.21. The third-order valence-corrected chi connectivity index (χ3v) is 3.64. The molecule has 4 nitrogen and oxygen atoms in total. The molecule has 1 aromatic rings. The van der Waals surface area contributed by atoms with E-state index in [1.165, 1.54) is 0 Å². The molecule has 4 heteroatoms.